The SMILES string of the molecule is Cc1c(-c2ccc(-c3cc4cccc(C(=O)Nc5nc6ccccc6s5)c4[nH]3)nc2C(=O)O)cnn1CC12CC3(C)CC(C)(C1)CC(OCCN(C)C(=O)OCc1ccc(O[C@@H]4O[C@H](C(=O)O)[C@@H](O)[C@H](O)[C@H]4O)cc1OCCOCCNC(=N)[C@H](CS(=O)(=O)O)NC(=O)CCN1C(=O)C=CC1=O)(C3)C2. The molecule has 34 heteroatoms. The van der Waals surface area contributed by atoms with Gasteiger partial charge < -0.3 is 74.5 Å². The number of nitrogens with one attached hydrogen (secondary N) is 5. The Morgan fingerprint density at radius 2 is 1.62 bits per heavy atom. The number of amidine groups is 1. The van der Waals surface area contributed by atoms with Crippen LogP contribution in [0.5, 0.6) is 11.5 Å². The molecule has 104 heavy (non-hydrogen) atoms. The number of aromatic amines is 1. The number of aliphatic hydroxyl groups excluding tert-OH is 3. The number of carbonyl (C=O) groups excluding carboxylic acids is 5. The number of hydrogen-bond acceptors (Lipinski definition) is 23. The number of aliphatic hydroxyl groups is 3. The molecule has 4 bridgehead atoms. The molecule has 13 rings (SSSR count). The minimum absolute atomic E-state index is 0.0587. The summed E-state index contributed by atoms with van der Waals surface area (Å²) in [5.74, 6) is -6.87. The van der Waals surface area contributed by atoms with Gasteiger partial charge in [-0.25, -0.2) is 24.4 Å². The van der Waals surface area contributed by atoms with Gasteiger partial charge in [0, 0.05) is 85.6 Å². The lowest BCUT2D eigenvalue weighted by Gasteiger charge is -2.69. The van der Waals surface area contributed by atoms with E-state index in [9.17, 15) is 72.1 Å². The molecule has 5 fully saturated rings. The van der Waals surface area contributed by atoms with Crippen LogP contribution in [0.2, 0.25) is 0 Å². The molecule has 32 nitrogen and oxygen atoms in total. The molecule has 11 N–H and O–H groups in total. The molecule has 1 saturated heterocycles. The summed E-state index contributed by atoms with van der Waals surface area (Å²) in [4.78, 5) is 104. The number of imide groups is 1. The van der Waals surface area contributed by atoms with E-state index in [2.05, 4.69) is 44.7 Å². The van der Waals surface area contributed by atoms with Crippen LogP contribution in [0.1, 0.15) is 90.9 Å². The number of aliphatic carboxylic acids is 1. The predicted octanol–water partition coefficient (Wildman–Crippen LogP) is 5.29. The minimum Gasteiger partial charge on any atom is -0.491 e. The Labute approximate surface area is 598 Å². The Kier molecular flexibility index (Phi) is 21.2. The summed E-state index contributed by atoms with van der Waals surface area (Å²) < 4.78 is 71.6. The number of ether oxygens (including phenoxy) is 6. The molecule has 3 aromatic carbocycles. The maximum atomic E-state index is 13.8. The van der Waals surface area contributed by atoms with Crippen LogP contribution in [0.25, 0.3) is 43.6 Å². The summed E-state index contributed by atoms with van der Waals surface area (Å²) in [5, 5.41) is 74.0. The molecule has 552 valence electrons. The van der Waals surface area contributed by atoms with E-state index in [1.165, 1.54) is 34.4 Å². The number of anilines is 1. The van der Waals surface area contributed by atoms with Crippen LogP contribution in [0, 0.1) is 28.6 Å². The number of hydrogen-bond donors (Lipinski definition) is 11. The van der Waals surface area contributed by atoms with Crippen LogP contribution in [-0.4, -0.2) is 222 Å². The van der Waals surface area contributed by atoms with Crippen molar-refractivity contribution in [2.75, 3.05) is 64.2 Å². The van der Waals surface area contributed by atoms with Crippen molar-refractivity contribution in [3.8, 4) is 34.0 Å². The van der Waals surface area contributed by atoms with Crippen molar-refractivity contribution in [2.45, 2.75) is 121 Å². The maximum Gasteiger partial charge on any atom is 0.409 e. The number of para-hydroxylation sites is 2. The van der Waals surface area contributed by atoms with Crippen LogP contribution < -0.4 is 25.4 Å². The summed E-state index contributed by atoms with van der Waals surface area (Å²) in [5.41, 5.74) is 3.59. The number of carboxylic acids is 2. The molecule has 6 aliphatic rings. The van der Waals surface area contributed by atoms with Crippen molar-refractivity contribution >= 4 is 95.2 Å². The van der Waals surface area contributed by atoms with Gasteiger partial charge in [0.2, 0.25) is 12.2 Å². The van der Waals surface area contributed by atoms with E-state index in [0.717, 1.165) is 76.9 Å². The first-order chi connectivity index (χ1) is 49.4. The minimum atomic E-state index is -4.72. The van der Waals surface area contributed by atoms with E-state index >= 15 is 0 Å². The van der Waals surface area contributed by atoms with Gasteiger partial charge in [-0.3, -0.25) is 44.0 Å². The van der Waals surface area contributed by atoms with Crippen molar-refractivity contribution < 1.29 is 100 Å². The van der Waals surface area contributed by atoms with Crippen molar-refractivity contribution in [2.24, 2.45) is 16.2 Å². The highest BCUT2D eigenvalue weighted by Gasteiger charge is 2.66. The lowest BCUT2D eigenvalue weighted by Crippen LogP contribution is -2.64. The second-order valence-electron chi connectivity index (χ2n) is 28.0. The Morgan fingerprint density at radius 3 is 2.34 bits per heavy atom. The molecule has 5 amide bonds. The zero-order chi connectivity index (χ0) is 74.2. The molecule has 4 aliphatic carbocycles. The molecule has 6 heterocycles. The quantitative estimate of drug-likeness (QED) is 0.00896. The Hall–Kier alpha value is -9.78. The number of aromatic nitrogens is 5. The summed E-state index contributed by atoms with van der Waals surface area (Å²) in [7, 11) is -3.15. The summed E-state index contributed by atoms with van der Waals surface area (Å²) in [6.45, 7) is 6.24. The van der Waals surface area contributed by atoms with Crippen molar-refractivity contribution in [1.29, 1.82) is 5.41 Å². The molecule has 4 aromatic heterocycles. The van der Waals surface area contributed by atoms with Crippen LogP contribution in [0.4, 0.5) is 9.93 Å². The first kappa shape index (κ1) is 74.0. The number of carbonyl (C=O) groups is 7. The van der Waals surface area contributed by atoms with Crippen LogP contribution in [0.3, 0.4) is 0 Å². The molecule has 2 unspecified atom stereocenters. The Balaban J connectivity index is 0.663. The lowest BCUT2D eigenvalue weighted by atomic mass is 9.39. The van der Waals surface area contributed by atoms with Gasteiger partial charge in [-0.05, 0) is 110 Å². The van der Waals surface area contributed by atoms with Gasteiger partial charge in [-0.2, -0.15) is 13.5 Å². The molecule has 7 aromatic rings. The fourth-order valence-electron chi connectivity index (χ4n) is 16.0. The highest BCUT2D eigenvalue weighted by Crippen LogP contribution is 2.72. The average Bonchev–Trinajstić information content (AvgIpc) is 0.869. The highest BCUT2D eigenvalue weighted by atomic mass is 32.2. The topological polar surface area (TPSA) is 456 Å². The number of carboxylic acid groups (broad SMARTS) is 2. The van der Waals surface area contributed by atoms with E-state index in [1.54, 1.807) is 37.5 Å². The normalized spacial score (nSPS) is 24.4. The molecule has 0 radical (unpaired) electrons. The van der Waals surface area contributed by atoms with E-state index in [0.29, 0.717) is 50.8 Å². The first-order valence-corrected chi connectivity index (χ1v) is 35.9. The molecule has 2 aliphatic heterocycles. The molecule has 4 saturated carbocycles. The van der Waals surface area contributed by atoms with Crippen LogP contribution in [0.15, 0.2) is 97.2 Å². The monoisotopic (exact) mass is 1470 g/mol. The lowest BCUT2D eigenvalue weighted by molar-refractivity contribution is -0.271. The number of likely N-dealkylation sites (N-methyl/N-ethyl adjacent to an activating group) is 1. The van der Waals surface area contributed by atoms with Crippen LogP contribution in [-0.2, 0) is 61.4 Å². The highest BCUT2D eigenvalue weighted by molar-refractivity contribution is 7.85. The fraction of sp³-hybridized carbons (Fsp3) is 0.443. The Bertz CT molecular complexity index is 4600. The second kappa shape index (κ2) is 29.8. The fourth-order valence-corrected chi connectivity index (χ4v) is 17.6. The molecular weight excluding hydrogens is 1390 g/mol. The second-order valence-corrected chi connectivity index (χ2v) is 30.5. The largest absolute Gasteiger partial charge is 0.491 e. The van der Waals surface area contributed by atoms with Gasteiger partial charge >= 0.3 is 18.0 Å². The van der Waals surface area contributed by atoms with Gasteiger partial charge in [-0.15, -0.1) is 0 Å². The third kappa shape index (κ3) is 16.4. The van der Waals surface area contributed by atoms with Gasteiger partial charge in [0.15, 0.2) is 16.9 Å². The number of pyridine rings is 1. The number of nitrogens with zero attached hydrogens (tertiary/aromatic N) is 6. The standard InChI is InChI=1S/C70H79N11O21S2/c1-38-44(42-14-15-45(75-55(42)62(89)90)47-26-39-8-7-9-43(54(39)76-47)61(88)78-65-77-46-10-5-6-11-50(46)103-65)28-73-81(38)37-69-32-67(2)31-68(3,33-69)35-70(34-67,36-69)100-23-21-79(4)66(93)99-29-40-12-13-41(101-64-58(87)56(85)57(86)59(102-64)63(91)92)27-49(40)98-25-24-97-22-19-72-60(71)48(30-104(94,95)96)74-51(82)18-20-80-52(83)16-17-53(80)84/h5-17,26-28,48,56-59,64,76,85-87H,18-25,29-37H2,1-4H3,(H2,71,72)(H,74,82)(H,89,90)(H,91,92)(H,77,78,88)(H,94,95,96)/t48-,56-,57-,58+,59-,64+,67?,68?,69?,70?/m0/s1. The first-order valence-electron chi connectivity index (χ1n) is 33.5. The van der Waals surface area contributed by atoms with Gasteiger partial charge in [0.1, 0.15) is 60.7 Å². The van der Waals surface area contributed by atoms with Crippen molar-refractivity contribution in [1.82, 2.24) is 45.2 Å². The number of fused-ring (bicyclic) bond motifs is 2. The number of aromatic carboxylic acids is 1. The molecule has 0 spiro atoms. The van der Waals surface area contributed by atoms with Gasteiger partial charge in [0.05, 0.1) is 64.3 Å². The number of H-pyrrole nitrogens is 1. The predicted molar refractivity (Wildman–Crippen MR) is 372 cm³/mol. The van der Waals surface area contributed by atoms with E-state index in [1.807, 2.05) is 48.0 Å². The average molecular weight is 1470 g/mol. The van der Waals surface area contributed by atoms with Crippen LogP contribution >= 0.6 is 11.3 Å². The smallest absolute Gasteiger partial charge is 0.409 e. The third-order valence-corrected chi connectivity index (χ3v) is 21.2. The number of benzene rings is 3. The van der Waals surface area contributed by atoms with Gasteiger partial charge in [0.25, 0.3) is 27.8 Å². The van der Waals surface area contributed by atoms with Crippen molar-refractivity contribution in [3.63, 3.8) is 0 Å². The van der Waals surface area contributed by atoms with Crippen molar-refractivity contribution in [3.05, 3.63) is 120 Å². The number of rotatable bonds is 30. The molecule has 8 atom stereocenters. The van der Waals surface area contributed by atoms with E-state index in [4.69, 9.17) is 38.9 Å². The van der Waals surface area contributed by atoms with E-state index < -0.39 is 106 Å². The van der Waals surface area contributed by atoms with Gasteiger partial charge in [-0.1, -0.05) is 49.4 Å². The Morgan fingerprint density at radius 1 is 0.865 bits per heavy atom. The maximum absolute atomic E-state index is 13.8. The van der Waals surface area contributed by atoms with E-state index in [-0.39, 0.29) is 92.0 Å². The number of amides is 5. The third-order valence-electron chi connectivity index (χ3n) is 19.5. The summed E-state index contributed by atoms with van der Waals surface area (Å²) >= 11 is 1.37. The molecular formula is C70H79N11O21S2. The summed E-state index contributed by atoms with van der Waals surface area (Å²) in [6.07, 6.45) is -1.77. The summed E-state index contributed by atoms with van der Waals surface area (Å²) in [6, 6.07) is 20.9. The zero-order valence-corrected chi connectivity index (χ0v) is 58.7. The number of thiazole rings is 1. The zero-order valence-electron chi connectivity index (χ0n) is 57.0.